The van der Waals surface area contributed by atoms with Crippen LogP contribution < -0.4 is 4.74 Å². The first-order valence-corrected chi connectivity index (χ1v) is 9.21. The summed E-state index contributed by atoms with van der Waals surface area (Å²) < 4.78 is 5.23. The number of nitrogens with zero attached hydrogens (tertiary/aromatic N) is 5. The highest BCUT2D eigenvalue weighted by molar-refractivity contribution is 6.16. The van der Waals surface area contributed by atoms with Crippen molar-refractivity contribution in [2.45, 2.75) is 13.0 Å². The summed E-state index contributed by atoms with van der Waals surface area (Å²) >= 11 is 0. The van der Waals surface area contributed by atoms with Gasteiger partial charge in [-0.05, 0) is 31.2 Å². The molecular formula is C21H23N5O2. The van der Waals surface area contributed by atoms with E-state index in [1.165, 1.54) is 0 Å². The lowest BCUT2D eigenvalue weighted by Crippen LogP contribution is -2.44. The molecule has 0 radical (unpaired) electrons. The Morgan fingerprint density at radius 2 is 1.82 bits per heavy atom. The minimum Gasteiger partial charge on any atom is -0.497 e. The van der Waals surface area contributed by atoms with Gasteiger partial charge in [-0.25, -0.2) is 5.01 Å². The summed E-state index contributed by atoms with van der Waals surface area (Å²) in [6, 6.07) is 15.8. The lowest BCUT2D eigenvalue weighted by Gasteiger charge is -2.33. The van der Waals surface area contributed by atoms with Crippen LogP contribution in [0.15, 0.2) is 63.8 Å². The van der Waals surface area contributed by atoms with Gasteiger partial charge in [-0.15, -0.1) is 5.10 Å². The van der Waals surface area contributed by atoms with Gasteiger partial charge in [0.25, 0.3) is 0 Å². The number of hydrogen-bond acceptors (Lipinski definition) is 7. The molecule has 1 unspecified atom stereocenters. The Kier molecular flexibility index (Phi) is 4.83. The van der Waals surface area contributed by atoms with Crippen LogP contribution in [0.1, 0.15) is 23.6 Å². The van der Waals surface area contributed by atoms with Gasteiger partial charge in [0, 0.05) is 30.3 Å². The smallest absolute Gasteiger partial charge is 0.179 e. The van der Waals surface area contributed by atoms with Gasteiger partial charge in [-0.1, -0.05) is 24.3 Å². The van der Waals surface area contributed by atoms with Gasteiger partial charge in [-0.2, -0.15) is 10.2 Å². The molecule has 7 heteroatoms. The molecule has 2 aliphatic heterocycles. The maximum absolute atomic E-state index is 9.80. The molecule has 4 rings (SSSR count). The van der Waals surface area contributed by atoms with Crippen LogP contribution in [0.4, 0.5) is 0 Å². The third-order valence-corrected chi connectivity index (χ3v) is 4.76. The molecular weight excluding hydrogens is 354 g/mol. The topological polar surface area (TPSA) is 73.0 Å². The fourth-order valence-corrected chi connectivity index (χ4v) is 3.42. The Bertz CT molecular complexity index is 963. The average Bonchev–Trinajstić information content (AvgIpc) is 2.72. The van der Waals surface area contributed by atoms with E-state index in [0.717, 1.165) is 39.8 Å². The van der Waals surface area contributed by atoms with E-state index < -0.39 is 6.10 Å². The Morgan fingerprint density at radius 3 is 2.50 bits per heavy atom. The summed E-state index contributed by atoms with van der Waals surface area (Å²) in [6.45, 7) is 2.78. The van der Waals surface area contributed by atoms with Crippen LogP contribution in [0, 0.1) is 0 Å². The number of benzene rings is 2. The number of aliphatic hydroxyl groups is 1. The van der Waals surface area contributed by atoms with Crippen molar-refractivity contribution in [3.8, 4) is 5.75 Å². The van der Waals surface area contributed by atoms with Crippen molar-refractivity contribution < 1.29 is 9.84 Å². The second-order valence-electron chi connectivity index (χ2n) is 6.96. The fraction of sp³-hybridized carbons (Fsp3) is 0.286. The van der Waals surface area contributed by atoms with Crippen LogP contribution in [0.2, 0.25) is 0 Å². The Balaban J connectivity index is 1.72. The first kappa shape index (κ1) is 18.2. The number of amidine groups is 2. The van der Waals surface area contributed by atoms with E-state index in [2.05, 4.69) is 10.2 Å². The lowest BCUT2D eigenvalue weighted by atomic mass is 10.0. The third-order valence-electron chi connectivity index (χ3n) is 4.76. The fourth-order valence-electron chi connectivity index (χ4n) is 3.42. The van der Waals surface area contributed by atoms with E-state index >= 15 is 0 Å². The van der Waals surface area contributed by atoms with Crippen LogP contribution in [0.3, 0.4) is 0 Å². The summed E-state index contributed by atoms with van der Waals surface area (Å²) in [5, 5.41) is 25.4. The van der Waals surface area contributed by atoms with Gasteiger partial charge in [0.05, 0.1) is 25.5 Å². The van der Waals surface area contributed by atoms with Crippen molar-refractivity contribution in [1.29, 1.82) is 0 Å². The molecule has 0 amide bonds. The van der Waals surface area contributed by atoms with Crippen LogP contribution in [-0.2, 0) is 0 Å². The maximum Gasteiger partial charge on any atom is 0.179 e. The standard InChI is InChI=1S/C21H23N5O2/c1-14(27)12-25(2)21-18-7-5-4-6-17(18)20-23-22-19(13-26(20)24-21)15-8-10-16(28-3)11-9-15/h4-11,14,27H,12-13H2,1-3H3. The molecule has 0 saturated carbocycles. The minimum atomic E-state index is -0.451. The van der Waals surface area contributed by atoms with Crippen molar-refractivity contribution in [2.24, 2.45) is 15.3 Å². The van der Waals surface area contributed by atoms with Gasteiger partial charge in [0.2, 0.25) is 0 Å². The number of ether oxygens (including phenoxy) is 1. The predicted octanol–water partition coefficient (Wildman–Crippen LogP) is 2.15. The molecule has 0 bridgehead atoms. The summed E-state index contributed by atoms with van der Waals surface area (Å²) in [5.74, 6) is 2.35. The Morgan fingerprint density at radius 1 is 1.11 bits per heavy atom. The summed E-state index contributed by atoms with van der Waals surface area (Å²) in [6.07, 6.45) is -0.451. The molecule has 28 heavy (non-hydrogen) atoms. The largest absolute Gasteiger partial charge is 0.497 e. The first-order chi connectivity index (χ1) is 13.6. The number of hydrazone groups is 1. The monoisotopic (exact) mass is 377 g/mol. The van der Waals surface area contributed by atoms with E-state index in [9.17, 15) is 5.11 Å². The number of rotatable bonds is 4. The molecule has 2 aromatic rings. The number of fused-ring (bicyclic) bond motifs is 3. The van der Waals surface area contributed by atoms with Crippen molar-refractivity contribution >= 4 is 17.4 Å². The van der Waals surface area contributed by atoms with Crippen molar-refractivity contribution in [1.82, 2.24) is 9.91 Å². The molecule has 2 aliphatic rings. The molecule has 7 nitrogen and oxygen atoms in total. The third kappa shape index (κ3) is 3.36. The van der Waals surface area contributed by atoms with Crippen molar-refractivity contribution in [3.05, 3.63) is 65.2 Å². The SMILES string of the molecule is COc1ccc(C2=NN=C3c4ccccc4C(N(C)CC(C)O)=NN3C2)cc1. The highest BCUT2D eigenvalue weighted by Gasteiger charge is 2.30. The zero-order valence-corrected chi connectivity index (χ0v) is 16.2. The molecule has 1 N–H and O–H groups in total. The van der Waals surface area contributed by atoms with E-state index in [-0.39, 0.29) is 0 Å². The van der Waals surface area contributed by atoms with Gasteiger partial charge in [0.1, 0.15) is 5.75 Å². The van der Waals surface area contributed by atoms with Crippen LogP contribution in [-0.4, -0.2) is 65.7 Å². The molecule has 0 aliphatic carbocycles. The normalized spacial score (nSPS) is 16.3. The average molecular weight is 377 g/mol. The zero-order chi connectivity index (χ0) is 19.7. The predicted molar refractivity (Wildman–Crippen MR) is 110 cm³/mol. The van der Waals surface area contributed by atoms with Crippen LogP contribution >= 0.6 is 0 Å². The van der Waals surface area contributed by atoms with Gasteiger partial charge in [0.15, 0.2) is 11.7 Å². The molecule has 2 heterocycles. The van der Waals surface area contributed by atoms with Crippen molar-refractivity contribution in [2.75, 3.05) is 27.2 Å². The summed E-state index contributed by atoms with van der Waals surface area (Å²) in [5.41, 5.74) is 3.80. The van der Waals surface area contributed by atoms with E-state index in [1.807, 2.05) is 65.5 Å². The summed E-state index contributed by atoms with van der Waals surface area (Å²) in [7, 11) is 3.59. The number of methoxy groups -OCH3 is 1. The van der Waals surface area contributed by atoms with E-state index in [1.54, 1.807) is 14.0 Å². The van der Waals surface area contributed by atoms with Gasteiger partial charge in [-0.3, -0.25) is 0 Å². The molecule has 144 valence electrons. The molecule has 1 atom stereocenters. The lowest BCUT2D eigenvalue weighted by molar-refractivity contribution is 0.167. The maximum atomic E-state index is 9.80. The highest BCUT2D eigenvalue weighted by Crippen LogP contribution is 2.24. The highest BCUT2D eigenvalue weighted by atomic mass is 16.5. The summed E-state index contributed by atoms with van der Waals surface area (Å²) in [4.78, 5) is 1.97. The van der Waals surface area contributed by atoms with Crippen LogP contribution in [0.25, 0.3) is 0 Å². The second kappa shape index (κ2) is 7.44. The molecule has 0 saturated heterocycles. The van der Waals surface area contributed by atoms with Gasteiger partial charge >= 0.3 is 0 Å². The zero-order valence-electron chi connectivity index (χ0n) is 16.2. The molecule has 0 fully saturated rings. The quantitative estimate of drug-likeness (QED) is 0.886. The molecule has 0 spiro atoms. The van der Waals surface area contributed by atoms with Crippen LogP contribution in [0.5, 0.6) is 5.75 Å². The van der Waals surface area contributed by atoms with Crippen molar-refractivity contribution in [3.63, 3.8) is 0 Å². The second-order valence-corrected chi connectivity index (χ2v) is 6.96. The van der Waals surface area contributed by atoms with E-state index in [0.29, 0.717) is 13.1 Å². The number of likely N-dealkylation sites (N-methyl/N-ethyl adjacent to an activating group) is 1. The minimum absolute atomic E-state index is 0.451. The van der Waals surface area contributed by atoms with Gasteiger partial charge < -0.3 is 14.7 Å². The molecule has 0 aromatic heterocycles. The van der Waals surface area contributed by atoms with E-state index in [4.69, 9.17) is 9.84 Å². The Hall–Kier alpha value is -3.19. The number of hydrogen-bond donors (Lipinski definition) is 1. The molecule has 2 aromatic carbocycles. The first-order valence-electron chi connectivity index (χ1n) is 9.21. The Labute approximate surface area is 164 Å². The number of aliphatic hydroxyl groups excluding tert-OH is 1.